The lowest BCUT2D eigenvalue weighted by molar-refractivity contribution is 0.464. The summed E-state index contributed by atoms with van der Waals surface area (Å²) < 4.78 is 0. The predicted octanol–water partition coefficient (Wildman–Crippen LogP) is 3.04. The van der Waals surface area contributed by atoms with Gasteiger partial charge in [0.1, 0.15) is 5.75 Å². The molecule has 0 aliphatic heterocycles. The topological polar surface area (TPSA) is 32.3 Å². The summed E-state index contributed by atoms with van der Waals surface area (Å²) >= 11 is 0. The first-order chi connectivity index (χ1) is 8.84. The summed E-state index contributed by atoms with van der Waals surface area (Å²) in [6.07, 6.45) is 1.19. The normalized spacial score (nSPS) is 21.8. The first kappa shape index (κ1) is 11.3. The Morgan fingerprint density at radius 3 is 2.50 bits per heavy atom. The Hall–Kier alpha value is -1.80. The van der Waals surface area contributed by atoms with Gasteiger partial charge in [-0.1, -0.05) is 48.5 Å². The second-order valence-corrected chi connectivity index (χ2v) is 4.87. The summed E-state index contributed by atoms with van der Waals surface area (Å²) in [7, 11) is 0. The molecule has 0 radical (unpaired) electrons. The molecule has 0 aromatic heterocycles. The third kappa shape index (κ3) is 2.39. The minimum Gasteiger partial charge on any atom is -0.508 e. The number of benzene rings is 2. The van der Waals surface area contributed by atoms with Crippen LogP contribution in [0, 0.1) is 0 Å². The summed E-state index contributed by atoms with van der Waals surface area (Å²) in [6.45, 7) is 0.737. The minimum absolute atomic E-state index is 0.377. The number of aromatic hydroxyl groups is 1. The summed E-state index contributed by atoms with van der Waals surface area (Å²) in [5.41, 5.74) is 2.38. The molecule has 1 fully saturated rings. The number of hydrogen-bond acceptors (Lipinski definition) is 2. The highest BCUT2D eigenvalue weighted by molar-refractivity contribution is 5.32. The Balaban J connectivity index is 1.56. The average molecular weight is 239 g/mol. The van der Waals surface area contributed by atoms with E-state index in [2.05, 4.69) is 35.6 Å². The summed E-state index contributed by atoms with van der Waals surface area (Å²) in [5, 5.41) is 13.2. The molecule has 18 heavy (non-hydrogen) atoms. The van der Waals surface area contributed by atoms with Crippen LogP contribution in [0.15, 0.2) is 54.6 Å². The largest absolute Gasteiger partial charge is 0.508 e. The molecule has 1 aliphatic rings. The van der Waals surface area contributed by atoms with Crippen molar-refractivity contribution in [2.24, 2.45) is 0 Å². The second-order valence-electron chi connectivity index (χ2n) is 4.87. The van der Waals surface area contributed by atoms with Crippen molar-refractivity contribution in [1.29, 1.82) is 0 Å². The van der Waals surface area contributed by atoms with Gasteiger partial charge in [0, 0.05) is 24.1 Å². The van der Waals surface area contributed by atoms with Crippen LogP contribution in [0.4, 0.5) is 0 Å². The van der Waals surface area contributed by atoms with Crippen LogP contribution in [0.1, 0.15) is 23.5 Å². The Morgan fingerprint density at radius 2 is 1.72 bits per heavy atom. The van der Waals surface area contributed by atoms with Crippen LogP contribution in [0.3, 0.4) is 0 Å². The van der Waals surface area contributed by atoms with Gasteiger partial charge in [-0.3, -0.25) is 0 Å². The molecular formula is C16H17NO. The van der Waals surface area contributed by atoms with Gasteiger partial charge in [0.2, 0.25) is 0 Å². The molecule has 2 aromatic carbocycles. The van der Waals surface area contributed by atoms with Gasteiger partial charge in [0.25, 0.3) is 0 Å². The van der Waals surface area contributed by atoms with Gasteiger partial charge in [-0.05, 0) is 18.1 Å². The summed E-state index contributed by atoms with van der Waals surface area (Å²) in [4.78, 5) is 0. The lowest BCUT2D eigenvalue weighted by Gasteiger charge is -2.06. The number of nitrogens with one attached hydrogen (secondary N) is 1. The number of phenolic OH excluding ortho intramolecular Hbond substituents is 1. The van der Waals surface area contributed by atoms with E-state index in [1.54, 1.807) is 6.07 Å². The maximum Gasteiger partial charge on any atom is 0.120 e. The second kappa shape index (κ2) is 4.83. The first-order valence-corrected chi connectivity index (χ1v) is 6.40. The van der Waals surface area contributed by atoms with E-state index < -0.39 is 0 Å². The minimum atomic E-state index is 0.377. The predicted molar refractivity (Wildman–Crippen MR) is 72.5 cm³/mol. The molecule has 1 aliphatic carbocycles. The zero-order valence-corrected chi connectivity index (χ0v) is 10.2. The quantitative estimate of drug-likeness (QED) is 0.859. The maximum atomic E-state index is 9.69. The molecule has 0 bridgehead atoms. The number of phenols is 1. The van der Waals surface area contributed by atoms with Crippen molar-refractivity contribution < 1.29 is 5.11 Å². The number of para-hydroxylation sites is 1. The molecule has 0 amide bonds. The third-order valence-corrected chi connectivity index (χ3v) is 3.56. The standard InChI is InChI=1S/C16H17NO/c18-16-9-5-4-8-13(16)11-17-15-10-14(15)12-6-2-1-3-7-12/h1-9,14-15,17-18H,10-11H2. The van der Waals surface area contributed by atoms with E-state index in [1.165, 1.54) is 12.0 Å². The smallest absolute Gasteiger partial charge is 0.120 e. The van der Waals surface area contributed by atoms with Crippen LogP contribution < -0.4 is 5.32 Å². The molecular weight excluding hydrogens is 222 g/mol. The fourth-order valence-electron chi connectivity index (χ4n) is 2.39. The van der Waals surface area contributed by atoms with Gasteiger partial charge in [0.15, 0.2) is 0 Å². The van der Waals surface area contributed by atoms with Crippen LogP contribution in [0.25, 0.3) is 0 Å². The average Bonchev–Trinajstić information content (AvgIpc) is 3.18. The fourth-order valence-corrected chi connectivity index (χ4v) is 2.39. The molecule has 2 atom stereocenters. The molecule has 3 rings (SSSR count). The SMILES string of the molecule is Oc1ccccc1CNC1CC1c1ccccc1. The lowest BCUT2D eigenvalue weighted by Crippen LogP contribution is -2.17. The van der Waals surface area contributed by atoms with Crippen molar-refractivity contribution >= 4 is 0 Å². The fraction of sp³-hybridized carbons (Fsp3) is 0.250. The molecule has 2 N–H and O–H groups in total. The highest BCUT2D eigenvalue weighted by atomic mass is 16.3. The van der Waals surface area contributed by atoms with E-state index in [4.69, 9.17) is 0 Å². The Bertz CT molecular complexity index is 524. The maximum absolute atomic E-state index is 9.69. The lowest BCUT2D eigenvalue weighted by atomic mass is 10.1. The third-order valence-electron chi connectivity index (χ3n) is 3.56. The molecule has 0 spiro atoms. The molecule has 0 heterocycles. The van der Waals surface area contributed by atoms with Crippen LogP contribution in [-0.4, -0.2) is 11.1 Å². The van der Waals surface area contributed by atoms with Crippen molar-refractivity contribution in [3.63, 3.8) is 0 Å². The molecule has 2 unspecified atom stereocenters. The van der Waals surface area contributed by atoms with Gasteiger partial charge in [-0.25, -0.2) is 0 Å². The van der Waals surface area contributed by atoms with Crippen LogP contribution >= 0.6 is 0 Å². The highest BCUT2D eigenvalue weighted by Crippen LogP contribution is 2.40. The van der Waals surface area contributed by atoms with E-state index in [1.807, 2.05) is 18.2 Å². The zero-order chi connectivity index (χ0) is 12.4. The van der Waals surface area contributed by atoms with Crippen molar-refractivity contribution in [3.05, 3.63) is 65.7 Å². The van der Waals surface area contributed by atoms with Crippen molar-refractivity contribution in [3.8, 4) is 5.75 Å². The Morgan fingerprint density at radius 1 is 1.00 bits per heavy atom. The molecule has 0 saturated heterocycles. The Kier molecular flexibility index (Phi) is 3.03. The summed E-state index contributed by atoms with van der Waals surface area (Å²) in [6, 6.07) is 18.7. The van der Waals surface area contributed by atoms with Crippen molar-refractivity contribution in [2.45, 2.75) is 24.9 Å². The molecule has 2 aromatic rings. The van der Waals surface area contributed by atoms with Crippen molar-refractivity contribution in [2.75, 3.05) is 0 Å². The summed E-state index contributed by atoms with van der Waals surface area (Å²) in [5.74, 6) is 1.01. The first-order valence-electron chi connectivity index (χ1n) is 6.40. The van der Waals surface area contributed by atoms with Gasteiger partial charge in [-0.15, -0.1) is 0 Å². The van der Waals surface area contributed by atoms with Crippen LogP contribution in [0.5, 0.6) is 5.75 Å². The molecule has 92 valence electrons. The molecule has 2 heteroatoms. The molecule has 2 nitrogen and oxygen atoms in total. The van der Waals surface area contributed by atoms with Gasteiger partial charge >= 0.3 is 0 Å². The monoisotopic (exact) mass is 239 g/mol. The van der Waals surface area contributed by atoms with Crippen LogP contribution in [-0.2, 0) is 6.54 Å². The van der Waals surface area contributed by atoms with Gasteiger partial charge < -0.3 is 10.4 Å². The van der Waals surface area contributed by atoms with E-state index in [0.29, 0.717) is 17.7 Å². The number of hydrogen-bond donors (Lipinski definition) is 2. The van der Waals surface area contributed by atoms with Crippen LogP contribution in [0.2, 0.25) is 0 Å². The zero-order valence-electron chi connectivity index (χ0n) is 10.2. The molecule has 1 saturated carbocycles. The number of rotatable bonds is 4. The van der Waals surface area contributed by atoms with E-state index in [9.17, 15) is 5.11 Å². The van der Waals surface area contributed by atoms with E-state index in [-0.39, 0.29) is 0 Å². The highest BCUT2D eigenvalue weighted by Gasteiger charge is 2.37. The van der Waals surface area contributed by atoms with Gasteiger partial charge in [0.05, 0.1) is 0 Å². The van der Waals surface area contributed by atoms with Crippen molar-refractivity contribution in [1.82, 2.24) is 5.32 Å². The Labute approximate surface area is 107 Å². The van der Waals surface area contributed by atoms with E-state index in [0.717, 1.165) is 12.1 Å². The van der Waals surface area contributed by atoms with E-state index >= 15 is 0 Å². The van der Waals surface area contributed by atoms with Gasteiger partial charge in [-0.2, -0.15) is 0 Å².